The molecular formula is C31H49NO2Si2. The predicted molar refractivity (Wildman–Crippen MR) is 158 cm³/mol. The van der Waals surface area contributed by atoms with E-state index in [0.717, 1.165) is 13.2 Å². The fourth-order valence-electron chi connectivity index (χ4n) is 6.31. The Labute approximate surface area is 222 Å². The van der Waals surface area contributed by atoms with Crippen LogP contribution in [0, 0.1) is 0 Å². The molecule has 5 heteroatoms. The summed E-state index contributed by atoms with van der Waals surface area (Å²) in [5.74, 6) is 0. The van der Waals surface area contributed by atoms with Gasteiger partial charge < -0.3 is 8.85 Å². The third kappa shape index (κ3) is 5.06. The first-order valence-electron chi connectivity index (χ1n) is 14.0. The van der Waals surface area contributed by atoms with E-state index in [4.69, 9.17) is 8.85 Å². The van der Waals surface area contributed by atoms with Crippen molar-refractivity contribution < 1.29 is 8.85 Å². The standard InChI is InChI=1S/C31H49NO2Si2/c1-29(2,3)35(7,8)33-24-26-20-22-31(21-15-23-32(26)31)25-34-36(30(4,5)6,27-16-11-9-12-17-27)28-18-13-10-14-19-28/h9-14,16-19,26H,15,20-25H2,1-8H3/t26-,31-/m0/s1. The second-order valence-corrected chi connectivity index (χ2v) is 22.9. The number of benzene rings is 2. The lowest BCUT2D eigenvalue weighted by Crippen LogP contribution is -2.68. The molecule has 0 aliphatic carbocycles. The van der Waals surface area contributed by atoms with Gasteiger partial charge in [0, 0.05) is 18.2 Å². The Morgan fingerprint density at radius 3 is 1.86 bits per heavy atom. The van der Waals surface area contributed by atoms with Crippen LogP contribution in [0.1, 0.15) is 67.2 Å². The third-order valence-electron chi connectivity index (χ3n) is 9.45. The Kier molecular flexibility index (Phi) is 7.83. The van der Waals surface area contributed by atoms with Crippen molar-refractivity contribution >= 4 is 27.0 Å². The van der Waals surface area contributed by atoms with Crippen molar-refractivity contribution in [3.05, 3.63) is 60.7 Å². The SMILES string of the molecule is CC(C)(C)[Si](C)(C)OC[C@@H]1CC[C@]2(CO[Si](c3ccccc3)(c3ccccc3)C(C)(C)C)CCCN12. The summed E-state index contributed by atoms with van der Waals surface area (Å²) in [6.45, 7) is 21.8. The van der Waals surface area contributed by atoms with Crippen LogP contribution < -0.4 is 10.4 Å². The van der Waals surface area contributed by atoms with Gasteiger partial charge >= 0.3 is 0 Å². The average Bonchev–Trinajstić information content (AvgIpc) is 3.37. The maximum absolute atomic E-state index is 7.47. The zero-order valence-electron chi connectivity index (χ0n) is 24.1. The largest absolute Gasteiger partial charge is 0.415 e. The first-order chi connectivity index (χ1) is 16.8. The van der Waals surface area contributed by atoms with Gasteiger partial charge in [0.2, 0.25) is 0 Å². The molecule has 36 heavy (non-hydrogen) atoms. The van der Waals surface area contributed by atoms with Gasteiger partial charge in [-0.25, -0.2) is 0 Å². The summed E-state index contributed by atoms with van der Waals surface area (Å²) >= 11 is 0. The van der Waals surface area contributed by atoms with Crippen molar-refractivity contribution in [1.29, 1.82) is 0 Å². The van der Waals surface area contributed by atoms with Crippen molar-refractivity contribution in [2.75, 3.05) is 19.8 Å². The lowest BCUT2D eigenvalue weighted by atomic mass is 9.95. The van der Waals surface area contributed by atoms with Gasteiger partial charge in [-0.2, -0.15) is 0 Å². The quantitative estimate of drug-likeness (QED) is 0.365. The monoisotopic (exact) mass is 523 g/mol. The van der Waals surface area contributed by atoms with Crippen LogP contribution in [0.2, 0.25) is 23.2 Å². The second-order valence-electron chi connectivity index (χ2n) is 13.7. The second kappa shape index (κ2) is 10.1. The summed E-state index contributed by atoms with van der Waals surface area (Å²) < 4.78 is 14.2. The van der Waals surface area contributed by atoms with Crippen molar-refractivity contribution in [3.8, 4) is 0 Å². The number of hydrogen-bond acceptors (Lipinski definition) is 3. The molecule has 0 bridgehead atoms. The molecule has 2 heterocycles. The molecule has 2 aromatic rings. The fraction of sp³-hybridized carbons (Fsp3) is 0.613. The molecule has 0 spiro atoms. The number of rotatable bonds is 8. The molecule has 3 nitrogen and oxygen atoms in total. The van der Waals surface area contributed by atoms with Crippen LogP contribution in [-0.2, 0) is 8.85 Å². The Balaban J connectivity index is 1.61. The lowest BCUT2D eigenvalue weighted by Gasteiger charge is -2.46. The topological polar surface area (TPSA) is 21.7 Å². The highest BCUT2D eigenvalue weighted by atomic mass is 28.4. The van der Waals surface area contributed by atoms with E-state index in [1.165, 1.54) is 42.6 Å². The average molecular weight is 524 g/mol. The Morgan fingerprint density at radius 1 is 0.806 bits per heavy atom. The van der Waals surface area contributed by atoms with Gasteiger partial charge in [0.15, 0.2) is 8.32 Å². The van der Waals surface area contributed by atoms with E-state index in [-0.39, 0.29) is 15.6 Å². The van der Waals surface area contributed by atoms with E-state index in [2.05, 4.69) is 120 Å². The van der Waals surface area contributed by atoms with E-state index in [9.17, 15) is 0 Å². The molecular weight excluding hydrogens is 475 g/mol. The smallest absolute Gasteiger partial charge is 0.261 e. The van der Waals surface area contributed by atoms with Gasteiger partial charge in [-0.15, -0.1) is 0 Å². The van der Waals surface area contributed by atoms with Crippen LogP contribution in [0.3, 0.4) is 0 Å². The van der Waals surface area contributed by atoms with Gasteiger partial charge in [0.1, 0.15) is 0 Å². The molecule has 2 aromatic carbocycles. The van der Waals surface area contributed by atoms with Crippen LogP contribution in [0.4, 0.5) is 0 Å². The van der Waals surface area contributed by atoms with Crippen molar-refractivity contribution in [1.82, 2.24) is 4.90 Å². The highest BCUT2D eigenvalue weighted by Crippen LogP contribution is 2.46. The first-order valence-corrected chi connectivity index (χ1v) is 18.8. The zero-order valence-corrected chi connectivity index (χ0v) is 26.1. The molecule has 2 aliphatic rings. The van der Waals surface area contributed by atoms with Crippen molar-refractivity contribution in [3.63, 3.8) is 0 Å². The summed E-state index contributed by atoms with van der Waals surface area (Å²) in [5, 5.41) is 3.01. The van der Waals surface area contributed by atoms with Gasteiger partial charge in [-0.1, -0.05) is 102 Å². The minimum Gasteiger partial charge on any atom is -0.415 e. The molecule has 0 N–H and O–H groups in total. The maximum atomic E-state index is 7.47. The molecule has 2 saturated heterocycles. The highest BCUT2D eigenvalue weighted by Gasteiger charge is 2.55. The maximum Gasteiger partial charge on any atom is 0.261 e. The number of nitrogens with zero attached hydrogens (tertiary/aromatic N) is 1. The fourth-order valence-corrected chi connectivity index (χ4v) is 12.0. The van der Waals surface area contributed by atoms with E-state index in [1.807, 2.05) is 0 Å². The van der Waals surface area contributed by atoms with E-state index in [0.29, 0.717) is 6.04 Å². The minimum atomic E-state index is -2.53. The van der Waals surface area contributed by atoms with E-state index in [1.54, 1.807) is 0 Å². The molecule has 0 aromatic heterocycles. The summed E-state index contributed by atoms with van der Waals surface area (Å²) in [6, 6.07) is 22.7. The first kappa shape index (κ1) is 27.8. The number of fused-ring (bicyclic) bond motifs is 1. The van der Waals surface area contributed by atoms with Crippen LogP contribution in [0.15, 0.2) is 60.7 Å². The molecule has 0 saturated carbocycles. The summed E-state index contributed by atoms with van der Waals surface area (Å²) in [7, 11) is -4.28. The predicted octanol–water partition coefficient (Wildman–Crippen LogP) is 6.58. The molecule has 2 fully saturated rings. The Hall–Kier alpha value is -1.25. The Bertz CT molecular complexity index is 957. The lowest BCUT2D eigenvalue weighted by molar-refractivity contribution is 0.0661. The molecule has 0 amide bonds. The van der Waals surface area contributed by atoms with Crippen molar-refractivity contribution in [2.45, 2.75) is 102 Å². The molecule has 0 unspecified atom stereocenters. The third-order valence-corrected chi connectivity index (χ3v) is 18.9. The Morgan fingerprint density at radius 2 is 1.36 bits per heavy atom. The van der Waals surface area contributed by atoms with E-state index >= 15 is 0 Å². The zero-order chi connectivity index (χ0) is 26.2. The van der Waals surface area contributed by atoms with Gasteiger partial charge in [0.05, 0.1) is 6.61 Å². The molecule has 0 radical (unpaired) electrons. The van der Waals surface area contributed by atoms with Crippen LogP contribution in [0.25, 0.3) is 0 Å². The van der Waals surface area contributed by atoms with Crippen LogP contribution in [-0.4, -0.2) is 52.9 Å². The summed E-state index contributed by atoms with van der Waals surface area (Å²) in [4.78, 5) is 2.79. The summed E-state index contributed by atoms with van der Waals surface area (Å²) in [6.07, 6.45) is 4.94. The highest BCUT2D eigenvalue weighted by molar-refractivity contribution is 6.99. The van der Waals surface area contributed by atoms with Gasteiger partial charge in [-0.05, 0) is 65.8 Å². The normalized spacial score (nSPS) is 23.7. The van der Waals surface area contributed by atoms with Gasteiger partial charge in [-0.3, -0.25) is 4.90 Å². The van der Waals surface area contributed by atoms with E-state index < -0.39 is 16.6 Å². The minimum absolute atomic E-state index is 0.0131. The molecule has 2 atom stereocenters. The van der Waals surface area contributed by atoms with Crippen LogP contribution >= 0.6 is 0 Å². The molecule has 4 rings (SSSR count). The van der Waals surface area contributed by atoms with Gasteiger partial charge in [0.25, 0.3) is 8.32 Å². The van der Waals surface area contributed by atoms with Crippen LogP contribution in [0.5, 0.6) is 0 Å². The van der Waals surface area contributed by atoms with Crippen molar-refractivity contribution in [2.24, 2.45) is 0 Å². The molecule has 2 aliphatic heterocycles. The summed E-state index contributed by atoms with van der Waals surface area (Å²) in [5.41, 5.74) is 0.147. The number of hydrogen-bond donors (Lipinski definition) is 0. The molecule has 198 valence electrons.